The molecule has 1 saturated heterocycles. The Bertz CT molecular complexity index is 694. The van der Waals surface area contributed by atoms with E-state index in [4.69, 9.17) is 0 Å². The molecule has 1 amide bonds. The Hall–Kier alpha value is -1.03. The molecule has 5 fully saturated rings. The minimum atomic E-state index is -0.142. The summed E-state index contributed by atoms with van der Waals surface area (Å²) in [6, 6.07) is 8.57. The summed E-state index contributed by atoms with van der Waals surface area (Å²) < 4.78 is 0.227. The first-order valence-corrected chi connectivity index (χ1v) is 11.7. The molecular formula is C23H31BrN2O. The topological polar surface area (TPSA) is 32.3 Å². The van der Waals surface area contributed by atoms with Crippen molar-refractivity contribution in [1.82, 2.24) is 0 Å². The molecule has 1 heterocycles. The summed E-state index contributed by atoms with van der Waals surface area (Å²) in [5.41, 5.74) is 2.11. The lowest BCUT2D eigenvalue weighted by molar-refractivity contribution is -0.138. The minimum Gasteiger partial charge on any atom is -0.372 e. The van der Waals surface area contributed by atoms with E-state index in [0.29, 0.717) is 0 Å². The molecular weight excluding hydrogens is 400 g/mol. The zero-order chi connectivity index (χ0) is 18.5. The average Bonchev–Trinajstić information content (AvgIpc) is 2.90. The summed E-state index contributed by atoms with van der Waals surface area (Å²) in [4.78, 5) is 15.8. The fourth-order valence-corrected chi connectivity index (χ4v) is 8.22. The van der Waals surface area contributed by atoms with Gasteiger partial charge in [0.1, 0.15) is 0 Å². The lowest BCUT2D eigenvalue weighted by Gasteiger charge is -2.59. The van der Waals surface area contributed by atoms with Gasteiger partial charge in [-0.15, -0.1) is 0 Å². The van der Waals surface area contributed by atoms with Crippen molar-refractivity contribution in [3.05, 3.63) is 24.3 Å². The van der Waals surface area contributed by atoms with Crippen LogP contribution in [0.3, 0.4) is 0 Å². The fraction of sp³-hybridized carbons (Fsp3) is 0.696. The molecule has 4 aliphatic carbocycles. The Morgan fingerprint density at radius 2 is 1.59 bits per heavy atom. The van der Waals surface area contributed by atoms with Gasteiger partial charge in [-0.2, -0.15) is 0 Å². The number of amides is 1. The van der Waals surface area contributed by atoms with Crippen molar-refractivity contribution in [3.63, 3.8) is 0 Å². The van der Waals surface area contributed by atoms with Crippen LogP contribution < -0.4 is 10.2 Å². The second kappa shape index (κ2) is 6.79. The molecule has 5 aliphatic rings. The van der Waals surface area contributed by atoms with Crippen LogP contribution in [0.15, 0.2) is 24.3 Å². The summed E-state index contributed by atoms with van der Waals surface area (Å²) in [5.74, 6) is 1.74. The average molecular weight is 431 g/mol. The monoisotopic (exact) mass is 430 g/mol. The molecule has 0 aromatic heterocycles. The zero-order valence-corrected chi connectivity index (χ0v) is 17.8. The first-order chi connectivity index (χ1) is 13.0. The van der Waals surface area contributed by atoms with E-state index >= 15 is 0 Å². The third-order valence-electron chi connectivity index (χ3n) is 7.57. The van der Waals surface area contributed by atoms with Gasteiger partial charge in [-0.25, -0.2) is 0 Å². The molecule has 0 unspecified atom stereocenters. The van der Waals surface area contributed by atoms with Gasteiger partial charge < -0.3 is 10.2 Å². The summed E-state index contributed by atoms with van der Waals surface area (Å²) in [6.45, 7) is 2.32. The predicted molar refractivity (Wildman–Crippen MR) is 115 cm³/mol. The predicted octanol–water partition coefficient (Wildman–Crippen LogP) is 5.74. The molecule has 1 aromatic carbocycles. The van der Waals surface area contributed by atoms with Crippen molar-refractivity contribution in [2.45, 2.75) is 68.5 Å². The first kappa shape index (κ1) is 18.0. The van der Waals surface area contributed by atoms with Gasteiger partial charge in [0.25, 0.3) is 0 Å². The van der Waals surface area contributed by atoms with Crippen LogP contribution in [0.4, 0.5) is 11.4 Å². The van der Waals surface area contributed by atoms with Gasteiger partial charge in [0.15, 0.2) is 0 Å². The van der Waals surface area contributed by atoms with E-state index < -0.39 is 0 Å². The van der Waals surface area contributed by atoms with Gasteiger partial charge >= 0.3 is 0 Å². The maximum atomic E-state index is 13.3. The Morgan fingerprint density at radius 3 is 2.19 bits per heavy atom. The van der Waals surface area contributed by atoms with Crippen molar-refractivity contribution in [2.24, 2.45) is 17.3 Å². The number of nitrogens with zero attached hydrogens (tertiary/aromatic N) is 1. The number of nitrogens with one attached hydrogen (secondary N) is 1. The molecule has 146 valence electrons. The number of carbonyl (C=O) groups excluding carboxylic acids is 1. The Morgan fingerprint density at radius 1 is 0.963 bits per heavy atom. The maximum Gasteiger partial charge on any atom is 0.230 e. The first-order valence-electron chi connectivity index (χ1n) is 10.9. The van der Waals surface area contributed by atoms with Gasteiger partial charge in [-0.1, -0.05) is 28.8 Å². The van der Waals surface area contributed by atoms with Crippen LogP contribution in [0.2, 0.25) is 0 Å². The molecule has 3 nitrogen and oxygen atoms in total. The molecule has 1 N–H and O–H groups in total. The molecule has 2 atom stereocenters. The number of hydrogen-bond acceptors (Lipinski definition) is 2. The SMILES string of the molecule is O=C(Nc1ccc(N2CCCCCC2)cc1)C12C[C@H]3C[C@@H](CC(Br)(C3)C1)C2. The van der Waals surface area contributed by atoms with Gasteiger partial charge in [-0.3, -0.25) is 4.79 Å². The Balaban J connectivity index is 1.28. The Labute approximate surface area is 171 Å². The van der Waals surface area contributed by atoms with E-state index in [2.05, 4.69) is 50.4 Å². The van der Waals surface area contributed by atoms with E-state index in [9.17, 15) is 4.79 Å². The quantitative estimate of drug-likeness (QED) is 0.619. The molecule has 27 heavy (non-hydrogen) atoms. The van der Waals surface area contributed by atoms with Gasteiger partial charge in [0, 0.05) is 28.8 Å². The highest BCUT2D eigenvalue weighted by molar-refractivity contribution is 9.10. The van der Waals surface area contributed by atoms with Crippen LogP contribution in [0, 0.1) is 17.3 Å². The van der Waals surface area contributed by atoms with Crippen molar-refractivity contribution in [2.75, 3.05) is 23.3 Å². The molecule has 0 radical (unpaired) electrons. The molecule has 4 saturated carbocycles. The number of rotatable bonds is 3. The number of hydrogen-bond donors (Lipinski definition) is 1. The fourth-order valence-electron chi connectivity index (χ4n) is 6.76. The van der Waals surface area contributed by atoms with Crippen LogP contribution >= 0.6 is 15.9 Å². The Kier molecular flexibility index (Phi) is 4.53. The highest BCUT2D eigenvalue weighted by atomic mass is 79.9. The van der Waals surface area contributed by atoms with E-state index in [1.54, 1.807) is 0 Å². The zero-order valence-electron chi connectivity index (χ0n) is 16.2. The lowest BCUT2D eigenvalue weighted by Crippen LogP contribution is -2.57. The van der Waals surface area contributed by atoms with E-state index in [-0.39, 0.29) is 15.6 Å². The second-order valence-corrected chi connectivity index (χ2v) is 11.5. The van der Waals surface area contributed by atoms with Crippen molar-refractivity contribution in [3.8, 4) is 0 Å². The van der Waals surface area contributed by atoms with Gasteiger partial charge in [0.05, 0.1) is 5.41 Å². The number of benzene rings is 1. The molecule has 1 aromatic rings. The maximum absolute atomic E-state index is 13.3. The molecule has 0 spiro atoms. The second-order valence-electron chi connectivity index (χ2n) is 9.79. The van der Waals surface area contributed by atoms with E-state index in [1.165, 1.54) is 50.6 Å². The lowest BCUT2D eigenvalue weighted by atomic mass is 9.49. The van der Waals surface area contributed by atoms with Crippen molar-refractivity contribution in [1.29, 1.82) is 0 Å². The van der Waals surface area contributed by atoms with Crippen LogP contribution in [0.1, 0.15) is 64.2 Å². The van der Waals surface area contributed by atoms with Crippen molar-refractivity contribution < 1.29 is 4.79 Å². The number of carbonyl (C=O) groups is 1. The van der Waals surface area contributed by atoms with Gasteiger partial charge in [-0.05, 0) is 87.5 Å². The molecule has 4 heteroatoms. The third-order valence-corrected chi connectivity index (χ3v) is 8.50. The van der Waals surface area contributed by atoms with Crippen LogP contribution in [0.25, 0.3) is 0 Å². The summed E-state index contributed by atoms with van der Waals surface area (Å²) >= 11 is 4.02. The van der Waals surface area contributed by atoms with Crippen LogP contribution in [-0.2, 0) is 4.79 Å². The number of halogens is 1. The van der Waals surface area contributed by atoms with E-state index in [1.807, 2.05) is 0 Å². The summed E-state index contributed by atoms with van der Waals surface area (Å²) in [6.07, 6.45) is 12.4. The van der Waals surface area contributed by atoms with Crippen LogP contribution in [0.5, 0.6) is 0 Å². The third kappa shape index (κ3) is 3.43. The van der Waals surface area contributed by atoms with Crippen molar-refractivity contribution >= 4 is 33.2 Å². The van der Waals surface area contributed by atoms with Crippen LogP contribution in [-0.4, -0.2) is 23.3 Å². The molecule has 6 rings (SSSR count). The molecule has 1 aliphatic heterocycles. The number of alkyl halides is 1. The summed E-state index contributed by atoms with van der Waals surface area (Å²) in [5, 5.41) is 3.28. The normalized spacial score (nSPS) is 37.9. The minimum absolute atomic E-state index is 0.142. The summed E-state index contributed by atoms with van der Waals surface area (Å²) in [7, 11) is 0. The highest BCUT2D eigenvalue weighted by Crippen LogP contribution is 2.64. The highest BCUT2D eigenvalue weighted by Gasteiger charge is 2.59. The van der Waals surface area contributed by atoms with Gasteiger partial charge in [0.2, 0.25) is 5.91 Å². The smallest absolute Gasteiger partial charge is 0.230 e. The standard InChI is InChI=1S/C23H31BrN2O/c24-23-14-17-11-18(15-23)13-22(12-17,16-23)21(27)25-19-5-7-20(8-6-19)26-9-3-1-2-4-10-26/h5-8,17-18H,1-4,9-16H2,(H,25,27)/t17-,18-,22?,23?/m1/s1. The van der Waals surface area contributed by atoms with E-state index in [0.717, 1.165) is 49.9 Å². The molecule has 4 bridgehead atoms. The number of anilines is 2. The largest absolute Gasteiger partial charge is 0.372 e.